The molecule has 3 aromatic rings. The summed E-state index contributed by atoms with van der Waals surface area (Å²) in [4.78, 5) is 19.4. The quantitative estimate of drug-likeness (QED) is 0.736. The van der Waals surface area contributed by atoms with Crippen LogP contribution in [0.25, 0.3) is 22.3 Å². The third kappa shape index (κ3) is 1.99. The molecule has 0 radical (unpaired) electrons. The summed E-state index contributed by atoms with van der Waals surface area (Å²) in [5, 5.41) is 0.570. The Hall–Kier alpha value is -2.34. The number of ether oxygens (including phenoxy) is 2. The summed E-state index contributed by atoms with van der Waals surface area (Å²) >= 11 is 3.44. The zero-order chi connectivity index (χ0) is 14.4. The Morgan fingerprint density at radius 1 is 1.19 bits per heavy atom. The molecule has 0 saturated heterocycles. The van der Waals surface area contributed by atoms with Crippen molar-refractivity contribution in [3.8, 4) is 22.9 Å². The molecular formula is C15H9BrN2O3. The summed E-state index contributed by atoms with van der Waals surface area (Å²) in [7, 11) is 0. The molecule has 0 bridgehead atoms. The molecule has 0 saturated carbocycles. The minimum atomic E-state index is -0.163. The van der Waals surface area contributed by atoms with Crippen molar-refractivity contribution in [2.75, 3.05) is 6.79 Å². The van der Waals surface area contributed by atoms with E-state index >= 15 is 0 Å². The van der Waals surface area contributed by atoms with Crippen LogP contribution < -0.4 is 15.0 Å². The summed E-state index contributed by atoms with van der Waals surface area (Å²) in [5.41, 5.74) is 1.25. The van der Waals surface area contributed by atoms with Crippen LogP contribution in [0, 0.1) is 0 Å². The van der Waals surface area contributed by atoms with Gasteiger partial charge >= 0.3 is 0 Å². The molecule has 0 fully saturated rings. The van der Waals surface area contributed by atoms with Gasteiger partial charge in [0.15, 0.2) is 11.5 Å². The number of H-pyrrole nitrogens is 1. The molecule has 1 N–H and O–H groups in total. The molecule has 0 amide bonds. The summed E-state index contributed by atoms with van der Waals surface area (Å²) in [6.07, 6.45) is 0. The first-order chi connectivity index (χ1) is 10.2. The number of rotatable bonds is 1. The van der Waals surface area contributed by atoms with E-state index in [1.54, 1.807) is 12.1 Å². The maximum atomic E-state index is 12.1. The summed E-state index contributed by atoms with van der Waals surface area (Å²) < 4.78 is 11.5. The Kier molecular flexibility index (Phi) is 2.71. The third-order valence-electron chi connectivity index (χ3n) is 3.31. The molecule has 2 aromatic carbocycles. The summed E-state index contributed by atoms with van der Waals surface area (Å²) in [6, 6.07) is 10.9. The van der Waals surface area contributed by atoms with Crippen molar-refractivity contribution in [2.24, 2.45) is 0 Å². The van der Waals surface area contributed by atoms with Crippen molar-refractivity contribution in [2.45, 2.75) is 0 Å². The van der Waals surface area contributed by atoms with E-state index in [2.05, 4.69) is 25.9 Å². The van der Waals surface area contributed by atoms with Gasteiger partial charge in [0, 0.05) is 5.56 Å². The topological polar surface area (TPSA) is 64.2 Å². The second-order valence-corrected chi connectivity index (χ2v) is 5.48. The van der Waals surface area contributed by atoms with Crippen LogP contribution in [0.1, 0.15) is 0 Å². The molecule has 2 heterocycles. The van der Waals surface area contributed by atoms with Crippen LogP contribution in [0.4, 0.5) is 0 Å². The number of hydrogen-bond acceptors (Lipinski definition) is 4. The van der Waals surface area contributed by atoms with Gasteiger partial charge in [0.05, 0.1) is 15.4 Å². The first-order valence-electron chi connectivity index (χ1n) is 6.31. The van der Waals surface area contributed by atoms with Crippen LogP contribution in [-0.2, 0) is 0 Å². The van der Waals surface area contributed by atoms with Gasteiger partial charge in [0.25, 0.3) is 5.56 Å². The lowest BCUT2D eigenvalue weighted by Gasteiger charge is -2.06. The monoisotopic (exact) mass is 344 g/mol. The molecule has 1 aromatic heterocycles. The molecule has 0 atom stereocenters. The van der Waals surface area contributed by atoms with E-state index in [4.69, 9.17) is 9.47 Å². The van der Waals surface area contributed by atoms with Crippen LogP contribution in [0.3, 0.4) is 0 Å². The predicted octanol–water partition coefficient (Wildman–Crippen LogP) is 3.08. The van der Waals surface area contributed by atoms with Crippen LogP contribution in [0.2, 0.25) is 0 Å². The van der Waals surface area contributed by atoms with Gasteiger partial charge in [0.2, 0.25) is 6.79 Å². The molecule has 1 aliphatic rings. The largest absolute Gasteiger partial charge is 0.454 e. The molecule has 1 aliphatic heterocycles. The highest BCUT2D eigenvalue weighted by molar-refractivity contribution is 9.10. The molecule has 0 spiro atoms. The van der Waals surface area contributed by atoms with E-state index < -0.39 is 0 Å². The Morgan fingerprint density at radius 2 is 2.05 bits per heavy atom. The first kappa shape index (κ1) is 12.4. The van der Waals surface area contributed by atoms with Gasteiger partial charge in [-0.05, 0) is 40.2 Å². The van der Waals surface area contributed by atoms with E-state index in [0.717, 1.165) is 10.0 Å². The van der Waals surface area contributed by atoms with E-state index in [1.165, 1.54) is 0 Å². The summed E-state index contributed by atoms with van der Waals surface area (Å²) in [5.74, 6) is 1.80. The standard InChI is InChI=1S/C15H9BrN2O3/c16-10-5-8(6-12-13(10)21-7-20-12)14-17-11-4-2-1-3-9(11)15(19)18-14/h1-6H,7H2,(H,17,18,19). The number of para-hydroxylation sites is 1. The first-order valence-corrected chi connectivity index (χ1v) is 7.10. The van der Waals surface area contributed by atoms with Crippen LogP contribution in [-0.4, -0.2) is 16.8 Å². The lowest BCUT2D eigenvalue weighted by Crippen LogP contribution is -2.09. The van der Waals surface area contributed by atoms with Gasteiger partial charge in [-0.2, -0.15) is 0 Å². The normalized spacial score (nSPS) is 12.8. The Morgan fingerprint density at radius 3 is 2.95 bits per heavy atom. The van der Waals surface area contributed by atoms with E-state index in [9.17, 15) is 4.79 Å². The number of hydrogen-bond donors (Lipinski definition) is 1. The van der Waals surface area contributed by atoms with E-state index in [0.29, 0.717) is 28.2 Å². The van der Waals surface area contributed by atoms with Gasteiger partial charge in [0.1, 0.15) is 5.82 Å². The highest BCUT2D eigenvalue weighted by Crippen LogP contribution is 2.41. The van der Waals surface area contributed by atoms with Crippen molar-refractivity contribution < 1.29 is 9.47 Å². The minimum Gasteiger partial charge on any atom is -0.454 e. The fourth-order valence-corrected chi connectivity index (χ4v) is 2.88. The lowest BCUT2D eigenvalue weighted by molar-refractivity contribution is 0.173. The number of nitrogens with zero attached hydrogens (tertiary/aromatic N) is 1. The molecule has 0 aliphatic carbocycles. The van der Waals surface area contributed by atoms with Crippen molar-refractivity contribution in [3.63, 3.8) is 0 Å². The van der Waals surface area contributed by atoms with Gasteiger partial charge in [-0.25, -0.2) is 4.98 Å². The van der Waals surface area contributed by atoms with Gasteiger partial charge in [-0.1, -0.05) is 12.1 Å². The smallest absolute Gasteiger partial charge is 0.259 e. The SMILES string of the molecule is O=c1[nH]c(-c2cc(Br)c3c(c2)OCO3)nc2ccccc12. The van der Waals surface area contributed by atoms with Gasteiger partial charge in [-0.3, -0.25) is 4.79 Å². The Bertz CT molecular complexity index is 920. The average molecular weight is 345 g/mol. The number of aromatic amines is 1. The Balaban J connectivity index is 1.95. The molecule has 5 nitrogen and oxygen atoms in total. The number of fused-ring (bicyclic) bond motifs is 2. The predicted molar refractivity (Wildman–Crippen MR) is 81.6 cm³/mol. The Labute approximate surface area is 127 Å². The van der Waals surface area contributed by atoms with Crippen molar-refractivity contribution in [3.05, 3.63) is 51.2 Å². The molecule has 4 rings (SSSR count). The van der Waals surface area contributed by atoms with Crippen LogP contribution >= 0.6 is 15.9 Å². The maximum Gasteiger partial charge on any atom is 0.259 e. The fraction of sp³-hybridized carbons (Fsp3) is 0.0667. The lowest BCUT2D eigenvalue weighted by atomic mass is 10.1. The van der Waals surface area contributed by atoms with E-state index in [-0.39, 0.29) is 12.4 Å². The van der Waals surface area contributed by atoms with Crippen LogP contribution in [0.15, 0.2) is 45.7 Å². The zero-order valence-corrected chi connectivity index (χ0v) is 12.3. The second kappa shape index (κ2) is 4.60. The highest BCUT2D eigenvalue weighted by Gasteiger charge is 2.19. The third-order valence-corrected chi connectivity index (χ3v) is 3.90. The molecule has 104 valence electrons. The molecule has 21 heavy (non-hydrogen) atoms. The summed E-state index contributed by atoms with van der Waals surface area (Å²) in [6.45, 7) is 0.194. The maximum absolute atomic E-state index is 12.1. The number of aromatic nitrogens is 2. The second-order valence-electron chi connectivity index (χ2n) is 4.62. The highest BCUT2D eigenvalue weighted by atomic mass is 79.9. The van der Waals surface area contributed by atoms with Crippen molar-refractivity contribution in [1.82, 2.24) is 9.97 Å². The average Bonchev–Trinajstić information content (AvgIpc) is 2.96. The number of nitrogens with one attached hydrogen (secondary N) is 1. The minimum absolute atomic E-state index is 0.163. The van der Waals surface area contributed by atoms with Crippen molar-refractivity contribution >= 4 is 26.8 Å². The van der Waals surface area contributed by atoms with Crippen LogP contribution in [0.5, 0.6) is 11.5 Å². The molecule has 0 unspecified atom stereocenters. The number of benzene rings is 2. The molecule has 6 heteroatoms. The van der Waals surface area contributed by atoms with E-state index in [1.807, 2.05) is 24.3 Å². The van der Waals surface area contributed by atoms with Crippen molar-refractivity contribution in [1.29, 1.82) is 0 Å². The zero-order valence-electron chi connectivity index (χ0n) is 10.7. The molecular weight excluding hydrogens is 336 g/mol. The van der Waals surface area contributed by atoms with Gasteiger partial charge < -0.3 is 14.5 Å². The van der Waals surface area contributed by atoms with Gasteiger partial charge in [-0.15, -0.1) is 0 Å². The number of halogens is 1. The fourth-order valence-electron chi connectivity index (χ4n) is 2.33.